The molecule has 1 fully saturated rings. The van der Waals surface area contributed by atoms with Gasteiger partial charge in [-0.05, 0) is 25.3 Å². The number of rotatable bonds is 4. The van der Waals surface area contributed by atoms with Gasteiger partial charge in [0.15, 0.2) is 5.82 Å². The number of hydrogen-bond donors (Lipinski definition) is 1. The summed E-state index contributed by atoms with van der Waals surface area (Å²) in [4.78, 5) is 2.09. The quantitative estimate of drug-likeness (QED) is 0.843. The summed E-state index contributed by atoms with van der Waals surface area (Å²) >= 11 is 0. The highest BCUT2D eigenvalue weighted by atomic mass is 16.5. The van der Waals surface area contributed by atoms with Crippen LogP contribution in [-0.2, 0) is 11.3 Å². The molecule has 2 heterocycles. The predicted octanol–water partition coefficient (Wildman–Crippen LogP) is 0.941. The van der Waals surface area contributed by atoms with Crippen LogP contribution < -0.4 is 10.6 Å². The van der Waals surface area contributed by atoms with Gasteiger partial charge in [-0.15, -0.1) is 5.10 Å². The van der Waals surface area contributed by atoms with Gasteiger partial charge in [0.2, 0.25) is 0 Å². The van der Waals surface area contributed by atoms with Gasteiger partial charge in [0.1, 0.15) is 0 Å². The molecule has 0 bridgehead atoms. The lowest BCUT2D eigenvalue weighted by Gasteiger charge is -2.28. The van der Waals surface area contributed by atoms with Crippen molar-refractivity contribution in [2.75, 3.05) is 25.1 Å². The van der Waals surface area contributed by atoms with E-state index in [-0.39, 0.29) is 0 Å². The Morgan fingerprint density at radius 3 is 3.12 bits per heavy atom. The van der Waals surface area contributed by atoms with Crippen molar-refractivity contribution < 1.29 is 4.74 Å². The van der Waals surface area contributed by atoms with E-state index < -0.39 is 0 Å². The van der Waals surface area contributed by atoms with Crippen LogP contribution in [0, 0.1) is 0 Å². The molecule has 1 unspecified atom stereocenters. The van der Waals surface area contributed by atoms with Crippen molar-refractivity contribution >= 4 is 5.82 Å². The molecule has 0 saturated carbocycles. The Bertz CT molecular complexity index is 352. The summed E-state index contributed by atoms with van der Waals surface area (Å²) in [6.07, 6.45) is 5.54. The van der Waals surface area contributed by atoms with E-state index in [4.69, 9.17) is 10.5 Å². The number of aromatic nitrogens is 2. The minimum absolute atomic E-state index is 0.307. The molecule has 1 atom stereocenters. The van der Waals surface area contributed by atoms with Crippen LogP contribution in [0.3, 0.4) is 0 Å². The summed E-state index contributed by atoms with van der Waals surface area (Å²) in [6, 6.07) is 1.92. The van der Waals surface area contributed by atoms with Crippen molar-refractivity contribution in [1.82, 2.24) is 10.2 Å². The Hall–Kier alpha value is -1.20. The van der Waals surface area contributed by atoms with Gasteiger partial charge < -0.3 is 15.4 Å². The summed E-state index contributed by atoms with van der Waals surface area (Å²) in [5.41, 5.74) is 6.72. The maximum Gasteiger partial charge on any atom is 0.155 e. The standard InChI is InChI=1S/C12H20N4O/c1-16(9-11-4-2-3-7-17-11)12-10(8-13)5-6-14-15-12/h5-6,11H,2-4,7-9,13H2,1H3. The van der Waals surface area contributed by atoms with E-state index in [1.807, 2.05) is 13.1 Å². The zero-order valence-electron chi connectivity index (χ0n) is 10.3. The maximum atomic E-state index is 5.72. The van der Waals surface area contributed by atoms with Crippen LogP contribution in [0.25, 0.3) is 0 Å². The number of ether oxygens (including phenoxy) is 1. The lowest BCUT2D eigenvalue weighted by molar-refractivity contribution is 0.0215. The zero-order chi connectivity index (χ0) is 12.1. The molecule has 0 amide bonds. The highest BCUT2D eigenvalue weighted by Gasteiger charge is 2.18. The first-order chi connectivity index (χ1) is 8.31. The molecular formula is C12H20N4O. The first-order valence-corrected chi connectivity index (χ1v) is 6.14. The molecule has 0 aromatic carbocycles. The summed E-state index contributed by atoms with van der Waals surface area (Å²) in [5.74, 6) is 0.865. The fourth-order valence-corrected chi connectivity index (χ4v) is 2.17. The van der Waals surface area contributed by atoms with E-state index in [0.717, 1.165) is 31.0 Å². The lowest BCUT2D eigenvalue weighted by atomic mass is 10.1. The van der Waals surface area contributed by atoms with Crippen LogP contribution >= 0.6 is 0 Å². The van der Waals surface area contributed by atoms with Crippen molar-refractivity contribution in [1.29, 1.82) is 0 Å². The molecule has 2 rings (SSSR count). The van der Waals surface area contributed by atoms with Crippen molar-refractivity contribution in [2.24, 2.45) is 5.73 Å². The summed E-state index contributed by atoms with van der Waals surface area (Å²) in [6.45, 7) is 2.22. The van der Waals surface area contributed by atoms with E-state index in [9.17, 15) is 0 Å². The second kappa shape index (κ2) is 5.93. The summed E-state index contributed by atoms with van der Waals surface area (Å²) < 4.78 is 5.72. The molecule has 5 heteroatoms. The van der Waals surface area contributed by atoms with Crippen LogP contribution in [0.4, 0.5) is 5.82 Å². The minimum atomic E-state index is 0.307. The van der Waals surface area contributed by atoms with Gasteiger partial charge in [-0.25, -0.2) is 0 Å². The molecule has 94 valence electrons. The normalized spacial score (nSPS) is 20.2. The number of anilines is 1. The molecule has 0 radical (unpaired) electrons. The van der Waals surface area contributed by atoms with Gasteiger partial charge in [-0.1, -0.05) is 0 Å². The molecule has 5 nitrogen and oxygen atoms in total. The van der Waals surface area contributed by atoms with Gasteiger partial charge in [0.05, 0.1) is 12.3 Å². The third-order valence-corrected chi connectivity index (χ3v) is 3.12. The van der Waals surface area contributed by atoms with E-state index in [2.05, 4.69) is 15.1 Å². The molecule has 2 N–H and O–H groups in total. The van der Waals surface area contributed by atoms with Gasteiger partial charge in [0.25, 0.3) is 0 Å². The fraction of sp³-hybridized carbons (Fsp3) is 0.667. The molecule has 0 spiro atoms. The van der Waals surface area contributed by atoms with Gasteiger partial charge in [-0.3, -0.25) is 0 Å². The Balaban J connectivity index is 2.00. The molecule has 1 saturated heterocycles. The average Bonchev–Trinajstić information content (AvgIpc) is 2.40. The van der Waals surface area contributed by atoms with E-state index in [1.165, 1.54) is 12.8 Å². The third-order valence-electron chi connectivity index (χ3n) is 3.12. The Morgan fingerprint density at radius 1 is 1.53 bits per heavy atom. The van der Waals surface area contributed by atoms with Crippen molar-refractivity contribution in [3.05, 3.63) is 17.8 Å². The van der Waals surface area contributed by atoms with Crippen LogP contribution in [-0.4, -0.2) is 36.5 Å². The van der Waals surface area contributed by atoms with E-state index >= 15 is 0 Å². The van der Waals surface area contributed by atoms with Gasteiger partial charge >= 0.3 is 0 Å². The minimum Gasteiger partial charge on any atom is -0.376 e. The molecule has 17 heavy (non-hydrogen) atoms. The molecule has 1 aromatic rings. The van der Waals surface area contributed by atoms with E-state index in [1.54, 1.807) is 6.20 Å². The van der Waals surface area contributed by atoms with Gasteiger partial charge in [0, 0.05) is 32.3 Å². The Kier molecular flexibility index (Phi) is 4.28. The number of hydrogen-bond acceptors (Lipinski definition) is 5. The number of nitrogens with two attached hydrogens (primary N) is 1. The second-order valence-electron chi connectivity index (χ2n) is 4.45. The third kappa shape index (κ3) is 3.14. The lowest BCUT2D eigenvalue weighted by Crippen LogP contribution is -2.34. The fourth-order valence-electron chi connectivity index (χ4n) is 2.17. The molecule has 1 aromatic heterocycles. The predicted molar refractivity (Wildman–Crippen MR) is 66.8 cm³/mol. The van der Waals surface area contributed by atoms with E-state index in [0.29, 0.717) is 12.6 Å². The SMILES string of the molecule is CN(CC1CCCCO1)c1nnccc1CN. The average molecular weight is 236 g/mol. The van der Waals surface area contributed by atoms with Crippen molar-refractivity contribution in [2.45, 2.75) is 31.9 Å². The van der Waals surface area contributed by atoms with Crippen molar-refractivity contribution in [3.63, 3.8) is 0 Å². The van der Waals surface area contributed by atoms with Crippen molar-refractivity contribution in [3.8, 4) is 0 Å². The monoisotopic (exact) mass is 236 g/mol. The smallest absolute Gasteiger partial charge is 0.155 e. The largest absolute Gasteiger partial charge is 0.376 e. The van der Waals surface area contributed by atoms with Crippen LogP contribution in [0.5, 0.6) is 0 Å². The highest BCUT2D eigenvalue weighted by molar-refractivity contribution is 5.44. The summed E-state index contributed by atoms with van der Waals surface area (Å²) in [5, 5.41) is 8.07. The zero-order valence-corrected chi connectivity index (χ0v) is 10.3. The first-order valence-electron chi connectivity index (χ1n) is 6.14. The second-order valence-corrected chi connectivity index (χ2v) is 4.45. The summed E-state index contributed by atoms with van der Waals surface area (Å²) in [7, 11) is 2.02. The highest BCUT2D eigenvalue weighted by Crippen LogP contribution is 2.18. The molecule has 0 aliphatic carbocycles. The van der Waals surface area contributed by atoms with Crippen LogP contribution in [0.2, 0.25) is 0 Å². The first kappa shape index (κ1) is 12.3. The Labute approximate surface area is 102 Å². The molecular weight excluding hydrogens is 216 g/mol. The van der Waals surface area contributed by atoms with Crippen LogP contribution in [0.1, 0.15) is 24.8 Å². The van der Waals surface area contributed by atoms with Crippen LogP contribution in [0.15, 0.2) is 12.3 Å². The number of nitrogens with zero attached hydrogens (tertiary/aromatic N) is 3. The topological polar surface area (TPSA) is 64.3 Å². The molecule has 1 aliphatic heterocycles. The number of likely N-dealkylation sites (N-methyl/N-ethyl adjacent to an activating group) is 1. The van der Waals surface area contributed by atoms with Gasteiger partial charge in [-0.2, -0.15) is 5.10 Å². The maximum absolute atomic E-state index is 5.72. The molecule has 1 aliphatic rings. The Morgan fingerprint density at radius 2 is 2.41 bits per heavy atom.